The highest BCUT2D eigenvalue weighted by molar-refractivity contribution is 5.85. The zero-order valence-electron chi connectivity index (χ0n) is 84.7. The van der Waals surface area contributed by atoms with Crippen LogP contribution in [-0.2, 0) is 66.6 Å². The lowest BCUT2D eigenvalue weighted by Gasteiger charge is -2.64. The van der Waals surface area contributed by atoms with Crippen molar-refractivity contribution in [1.82, 2.24) is 0 Å². The molecule has 19 rings (SSSR count). The van der Waals surface area contributed by atoms with Crippen molar-refractivity contribution in [3.05, 3.63) is 0 Å². The quantitative estimate of drug-likeness (QED) is 0.0397. The van der Waals surface area contributed by atoms with E-state index in [1.54, 1.807) is 41.5 Å². The van der Waals surface area contributed by atoms with Crippen LogP contribution in [-0.4, -0.2) is 214 Å². The molecule has 4 saturated heterocycles. The van der Waals surface area contributed by atoms with E-state index in [0.717, 1.165) is 88.9 Å². The summed E-state index contributed by atoms with van der Waals surface area (Å²) in [5.74, 6) is 2.98. The first kappa shape index (κ1) is 103. The Morgan fingerprint density at radius 3 is 0.977 bits per heavy atom. The number of aliphatic hydroxyl groups excluding tert-OH is 7. The van der Waals surface area contributed by atoms with Crippen LogP contribution in [0.2, 0.25) is 0 Å². The second kappa shape index (κ2) is 33.2. The fraction of sp³-hybridized carbons (Fsp3) is 0.953. The SMILES string of the molecule is CC(=O)OC(C)=O.CC(=O)O[C@@H]([C@H]1C[C@@H](C)[C@H]2[C@H](O1)[C@H](O)[C@@]1(C)[C@@H]3CC[C@@H]4C(C)(C)[C@@H](C)CCC45C[C@@]35CC[C@]21C)C(C)(C)O.CC(=O)O[C@@H]([C@H]1C[C@@H](C)[C@H]2[C@H](O1)[C@H](O)[C@@]1(C)[C@@H]3CC[C@@H]4C(C)(C)[C@@H](O)CCC45C[C@@]35CC[C@]21C)C(C)(C)O.CC(=O)O[C@@H]([C@H]1C[C@@H](C)[C@H]2[C@H](O1)[C@H](O)[C@@]1(C)[C@@H]3CC[C@@H]4C(C)(C)[C@@H](O[C@@H]5OC[C@@H](O)[C@H](O)[C@H]5O)CCC45C[C@@]35CC[C@]21C)C(C)(C)O.Cl. The highest BCUT2D eigenvalue weighted by atomic mass is 35.5. The summed E-state index contributed by atoms with van der Waals surface area (Å²) in [6, 6.07) is 0. The Balaban J connectivity index is 0.000000145. The highest BCUT2D eigenvalue weighted by Crippen LogP contribution is 2.93. The molecule has 0 aromatic carbocycles. The fourth-order valence-corrected chi connectivity index (χ4v) is 38.8. The van der Waals surface area contributed by atoms with Gasteiger partial charge in [-0.1, -0.05) is 111 Å². The molecule has 131 heavy (non-hydrogen) atoms. The minimum absolute atomic E-state index is 0. The van der Waals surface area contributed by atoms with Crippen molar-refractivity contribution in [1.29, 1.82) is 0 Å². The molecular formula is C106H173ClO24. The van der Waals surface area contributed by atoms with Gasteiger partial charge in [-0.3, -0.25) is 24.0 Å². The molecule has 6 spiro atoms. The Hall–Kier alpha value is -2.76. The van der Waals surface area contributed by atoms with Crippen LogP contribution in [0, 0.1) is 158 Å². The first-order valence-corrected chi connectivity index (χ1v) is 51.2. The summed E-state index contributed by atoms with van der Waals surface area (Å²) < 4.78 is 53.4. The predicted molar refractivity (Wildman–Crippen MR) is 491 cm³/mol. The highest BCUT2D eigenvalue weighted by Gasteiger charge is 2.89. The van der Waals surface area contributed by atoms with Crippen LogP contribution in [0.3, 0.4) is 0 Å². The lowest BCUT2D eigenvalue weighted by atomic mass is 9.41. The van der Waals surface area contributed by atoms with Crippen molar-refractivity contribution >= 4 is 42.3 Å². The van der Waals surface area contributed by atoms with E-state index in [0.29, 0.717) is 70.0 Å². The molecule has 0 amide bonds. The monoisotopic (exact) mass is 1870 g/mol. The maximum Gasteiger partial charge on any atom is 0.310 e. The number of aliphatic hydroxyl groups is 10. The van der Waals surface area contributed by atoms with E-state index in [2.05, 4.69) is 116 Å². The van der Waals surface area contributed by atoms with Gasteiger partial charge in [0.25, 0.3) is 0 Å². The summed E-state index contributed by atoms with van der Waals surface area (Å²) in [5.41, 5.74) is -2.78. The van der Waals surface area contributed by atoms with Gasteiger partial charge < -0.3 is 93.7 Å². The second-order valence-corrected chi connectivity index (χ2v) is 52.6. The third kappa shape index (κ3) is 14.6. The minimum atomic E-state index is -1.30. The van der Waals surface area contributed by atoms with E-state index in [4.69, 9.17) is 37.9 Å². The zero-order chi connectivity index (χ0) is 95.8. The van der Waals surface area contributed by atoms with Gasteiger partial charge in [-0.15, -0.1) is 12.4 Å². The molecule has 4 aliphatic heterocycles. The van der Waals surface area contributed by atoms with Crippen LogP contribution in [0.4, 0.5) is 0 Å². The Morgan fingerprint density at radius 2 is 0.664 bits per heavy atom. The Kier molecular flexibility index (Phi) is 26.0. The molecule has 25 heteroatoms. The molecule has 748 valence electrons. The molecule has 0 aromatic rings. The van der Waals surface area contributed by atoms with Gasteiger partial charge in [0.15, 0.2) is 24.6 Å². The van der Waals surface area contributed by atoms with Crippen LogP contribution in [0.15, 0.2) is 0 Å². The minimum Gasteiger partial charge on any atom is -0.457 e. The van der Waals surface area contributed by atoms with Crippen molar-refractivity contribution in [2.75, 3.05) is 6.61 Å². The first-order valence-electron chi connectivity index (χ1n) is 51.2. The van der Waals surface area contributed by atoms with Crippen LogP contribution in [0.5, 0.6) is 0 Å². The summed E-state index contributed by atoms with van der Waals surface area (Å²) in [6.45, 7) is 54.5. The van der Waals surface area contributed by atoms with Gasteiger partial charge in [0.05, 0.1) is 90.6 Å². The number of ether oxygens (including phenoxy) is 9. The molecule has 19 fully saturated rings. The molecule has 0 radical (unpaired) electrons. The van der Waals surface area contributed by atoms with Crippen molar-refractivity contribution in [2.24, 2.45) is 158 Å². The van der Waals surface area contributed by atoms with Crippen LogP contribution in [0.1, 0.15) is 341 Å². The molecule has 43 atom stereocenters. The van der Waals surface area contributed by atoms with Gasteiger partial charge in [-0.05, 0) is 338 Å². The molecule has 0 bridgehead atoms. The molecule has 4 heterocycles. The molecule has 3 unspecified atom stereocenters. The van der Waals surface area contributed by atoms with Gasteiger partial charge in [-0.25, -0.2) is 0 Å². The number of halogens is 1. The largest absolute Gasteiger partial charge is 0.457 e. The van der Waals surface area contributed by atoms with E-state index < -0.39 is 132 Å². The van der Waals surface area contributed by atoms with Gasteiger partial charge in [0, 0.05) is 50.9 Å². The number of rotatable bonds is 11. The van der Waals surface area contributed by atoms with E-state index in [1.807, 2.05) is 0 Å². The predicted octanol–water partition coefficient (Wildman–Crippen LogP) is 14.8. The second-order valence-electron chi connectivity index (χ2n) is 52.6. The van der Waals surface area contributed by atoms with E-state index >= 15 is 0 Å². The standard InChI is InChI=1S/C37H60O10.C33H54O5.C32H52O6.C4H6O3.ClH/c1-18-15-21(30(33(5,6)43)45-19(2)38)46-28-25(18)34(7)13-14-37-17-36(37)12-11-24(47-31-27(41)26(40)20(39)16-44-31)32(3,4)22(36)9-10-23(37)35(34,8)29(28)42;1-18-16-21(27(29(6,7)36)37-20(3)34)38-25-24(18)30(8)14-15-33-17-32(33)13-12-19(2)28(4,5)22(32)10-11-23(33)31(30,9)26(25)35;1-17-15-19(26(28(5,6)36)37-18(2)33)38-24-23(17)29(7)13-14-32-16-31(32)12-11-22(34)27(3,4)20(31)9-10-21(32)30(29,8)25(24)35;1-3(5)7-4(2)6;/h18,20-31,39-43H,9-17H2,1-8H3;18-19,21-27,35-36H,10-17H2,1-9H3;17,19-26,34-36H,9-16H2,1-8H3;1-2H3;1H/t18-,20-,21-,22-,23+,24+,25+,26+,27-,28+,29+,30+,31+,34-,35-,36?,37+;18-,19+,21-,22-,23+,24+,25+,26+,27+,30-,31-,32?,33+;17-,19-,20-,21+,22+,23+,24+,25+,26+,29-,30-,31?,32+;;/m111../s1. The topological polar surface area (TPSA) is 371 Å². The number of hydrogen-bond acceptors (Lipinski definition) is 24. The third-order valence-electron chi connectivity index (χ3n) is 45.0. The summed E-state index contributed by atoms with van der Waals surface area (Å²) >= 11 is 0. The average molecular weight is 1870 g/mol. The summed E-state index contributed by atoms with van der Waals surface area (Å²) in [5, 5.41) is 112. The molecule has 15 saturated carbocycles. The van der Waals surface area contributed by atoms with Crippen molar-refractivity contribution in [3.8, 4) is 0 Å². The van der Waals surface area contributed by atoms with Crippen molar-refractivity contribution in [3.63, 3.8) is 0 Å². The lowest BCUT2D eigenvalue weighted by Crippen LogP contribution is -2.61. The zero-order valence-corrected chi connectivity index (χ0v) is 85.5. The molecule has 10 N–H and O–H groups in total. The van der Waals surface area contributed by atoms with E-state index in [1.165, 1.54) is 98.8 Å². The summed E-state index contributed by atoms with van der Waals surface area (Å²) in [4.78, 5) is 55.6. The van der Waals surface area contributed by atoms with E-state index in [9.17, 15) is 75.0 Å². The van der Waals surface area contributed by atoms with Gasteiger partial charge >= 0.3 is 29.8 Å². The number of carbonyl (C=O) groups excluding carboxylic acids is 5. The summed E-state index contributed by atoms with van der Waals surface area (Å²) in [6.07, 6.45) is 14.7. The summed E-state index contributed by atoms with van der Waals surface area (Å²) in [7, 11) is 0. The van der Waals surface area contributed by atoms with Crippen LogP contribution >= 0.6 is 12.4 Å². The number of carbonyl (C=O) groups is 5. The number of hydrogen-bond donors (Lipinski definition) is 10. The average Bonchev–Trinajstić information content (AvgIpc) is 1.47. The molecule has 15 aliphatic carbocycles. The third-order valence-corrected chi connectivity index (χ3v) is 45.0. The van der Waals surface area contributed by atoms with Crippen molar-refractivity contribution in [2.45, 2.75) is 468 Å². The molecule has 19 aliphatic rings. The number of esters is 5. The van der Waals surface area contributed by atoms with Gasteiger partial charge in [0.1, 0.15) is 18.3 Å². The smallest absolute Gasteiger partial charge is 0.310 e. The van der Waals surface area contributed by atoms with E-state index in [-0.39, 0.29) is 133 Å². The number of fused-ring (bicyclic) bond motifs is 12. The normalized spacial score (nSPS) is 52.5. The van der Waals surface area contributed by atoms with Gasteiger partial charge in [0.2, 0.25) is 0 Å². The van der Waals surface area contributed by atoms with Gasteiger partial charge in [-0.2, -0.15) is 0 Å². The lowest BCUT2D eigenvalue weighted by molar-refractivity contribution is -0.303. The Labute approximate surface area is 788 Å². The molecular weight excluding hydrogens is 1690 g/mol. The fourth-order valence-electron chi connectivity index (χ4n) is 38.8. The van der Waals surface area contributed by atoms with Crippen LogP contribution in [0.25, 0.3) is 0 Å². The Morgan fingerprint density at radius 1 is 0.366 bits per heavy atom. The van der Waals surface area contributed by atoms with Crippen molar-refractivity contribution < 1.29 is 118 Å². The Bertz CT molecular complexity index is 4130. The maximum absolute atomic E-state index is 12.5. The van der Waals surface area contributed by atoms with Crippen LogP contribution < -0.4 is 0 Å². The molecule has 0 aromatic heterocycles. The molecule has 24 nitrogen and oxygen atoms in total. The first-order chi connectivity index (χ1) is 59.8. The maximum atomic E-state index is 12.5.